The third-order valence-corrected chi connectivity index (χ3v) is 2.33. The Morgan fingerprint density at radius 2 is 2.29 bits per heavy atom. The molecule has 0 atom stereocenters. The Kier molecular flexibility index (Phi) is 4.03. The molecule has 0 saturated carbocycles. The predicted octanol–water partition coefficient (Wildman–Crippen LogP) is 1.97. The van der Waals surface area contributed by atoms with Crippen LogP contribution in [0, 0.1) is 10.1 Å². The molecule has 0 fully saturated rings. The molecule has 1 aromatic rings. The summed E-state index contributed by atoms with van der Waals surface area (Å²) in [4.78, 5) is 16.1. The van der Waals surface area contributed by atoms with Crippen molar-refractivity contribution in [3.8, 4) is 0 Å². The smallest absolute Gasteiger partial charge is 0.311 e. The van der Waals surface area contributed by atoms with Crippen LogP contribution >= 0.6 is 0 Å². The summed E-state index contributed by atoms with van der Waals surface area (Å²) in [6.45, 7) is 8.29. The van der Waals surface area contributed by atoms with Gasteiger partial charge >= 0.3 is 5.69 Å². The van der Waals surface area contributed by atoms with Gasteiger partial charge in [-0.2, -0.15) is 0 Å². The highest BCUT2D eigenvalue weighted by molar-refractivity contribution is 5.58. The van der Waals surface area contributed by atoms with Gasteiger partial charge in [0.1, 0.15) is 5.82 Å². The van der Waals surface area contributed by atoms with Crippen LogP contribution in [0.15, 0.2) is 24.8 Å². The lowest BCUT2D eigenvalue weighted by molar-refractivity contribution is -0.384. The average Bonchev–Trinajstić information content (AvgIpc) is 2.24. The van der Waals surface area contributed by atoms with Gasteiger partial charge in [0.25, 0.3) is 0 Å². The summed E-state index contributed by atoms with van der Waals surface area (Å²) < 4.78 is 0. The SMILES string of the molecule is C=CCN(c1ccc([N+](=O)[O-])c(N)n1)C(C)C. The largest absolute Gasteiger partial charge is 0.378 e. The maximum atomic E-state index is 10.6. The second kappa shape index (κ2) is 5.29. The number of nitro groups is 1. The van der Waals surface area contributed by atoms with Gasteiger partial charge in [-0.15, -0.1) is 6.58 Å². The summed E-state index contributed by atoms with van der Waals surface area (Å²) in [5, 5.41) is 10.6. The monoisotopic (exact) mass is 236 g/mol. The fourth-order valence-corrected chi connectivity index (χ4v) is 1.48. The van der Waals surface area contributed by atoms with Gasteiger partial charge in [0, 0.05) is 18.7 Å². The van der Waals surface area contributed by atoms with E-state index in [0.717, 1.165) is 0 Å². The predicted molar refractivity (Wildman–Crippen MR) is 68.0 cm³/mol. The molecule has 0 bridgehead atoms. The van der Waals surface area contributed by atoms with Crippen molar-refractivity contribution in [2.45, 2.75) is 19.9 Å². The molecular weight excluding hydrogens is 220 g/mol. The number of hydrogen-bond acceptors (Lipinski definition) is 5. The number of aromatic nitrogens is 1. The fourth-order valence-electron chi connectivity index (χ4n) is 1.48. The number of nitrogen functional groups attached to an aromatic ring is 1. The van der Waals surface area contributed by atoms with E-state index in [-0.39, 0.29) is 17.5 Å². The first-order chi connectivity index (χ1) is 7.97. The van der Waals surface area contributed by atoms with Crippen molar-refractivity contribution in [2.24, 2.45) is 0 Å². The van der Waals surface area contributed by atoms with Crippen LogP contribution in [-0.4, -0.2) is 22.5 Å². The summed E-state index contributed by atoms with van der Waals surface area (Å²) in [5.74, 6) is 0.546. The molecule has 6 nitrogen and oxygen atoms in total. The highest BCUT2D eigenvalue weighted by atomic mass is 16.6. The molecule has 1 heterocycles. The lowest BCUT2D eigenvalue weighted by Crippen LogP contribution is -2.31. The molecule has 0 amide bonds. The van der Waals surface area contributed by atoms with E-state index < -0.39 is 4.92 Å². The molecule has 1 rings (SSSR count). The zero-order valence-corrected chi connectivity index (χ0v) is 9.96. The standard InChI is InChI=1S/C11H16N4O2/c1-4-7-14(8(2)3)10-6-5-9(15(16)17)11(12)13-10/h4-6,8H,1,7H2,2-3H3,(H2,12,13). The maximum absolute atomic E-state index is 10.6. The van der Waals surface area contributed by atoms with Gasteiger partial charge < -0.3 is 10.6 Å². The Labute approximate surface area is 99.9 Å². The van der Waals surface area contributed by atoms with Crippen molar-refractivity contribution in [1.82, 2.24) is 4.98 Å². The van der Waals surface area contributed by atoms with Gasteiger partial charge in [-0.05, 0) is 19.9 Å². The third kappa shape index (κ3) is 2.93. The molecule has 0 aliphatic rings. The van der Waals surface area contributed by atoms with Crippen LogP contribution in [-0.2, 0) is 0 Å². The lowest BCUT2D eigenvalue weighted by atomic mass is 10.3. The molecule has 92 valence electrons. The number of nitrogens with zero attached hydrogens (tertiary/aromatic N) is 3. The Hall–Kier alpha value is -2.11. The van der Waals surface area contributed by atoms with E-state index >= 15 is 0 Å². The van der Waals surface area contributed by atoms with Crippen LogP contribution in [0.4, 0.5) is 17.3 Å². The summed E-state index contributed by atoms with van der Waals surface area (Å²) >= 11 is 0. The molecule has 6 heteroatoms. The minimum Gasteiger partial charge on any atom is -0.378 e. The highest BCUT2D eigenvalue weighted by Crippen LogP contribution is 2.23. The molecule has 17 heavy (non-hydrogen) atoms. The molecule has 0 aliphatic heterocycles. The normalized spacial score (nSPS) is 10.3. The first-order valence-electron chi connectivity index (χ1n) is 5.25. The van der Waals surface area contributed by atoms with Gasteiger partial charge in [0.2, 0.25) is 5.82 Å². The first-order valence-corrected chi connectivity index (χ1v) is 5.25. The van der Waals surface area contributed by atoms with E-state index in [4.69, 9.17) is 5.73 Å². The van der Waals surface area contributed by atoms with E-state index in [9.17, 15) is 10.1 Å². The summed E-state index contributed by atoms with van der Waals surface area (Å²) in [6, 6.07) is 3.18. The molecule has 0 unspecified atom stereocenters. The Morgan fingerprint density at radius 3 is 2.71 bits per heavy atom. The van der Waals surface area contributed by atoms with Crippen LogP contribution in [0.5, 0.6) is 0 Å². The van der Waals surface area contributed by atoms with E-state index in [1.54, 1.807) is 12.1 Å². The Bertz CT molecular complexity index is 431. The fraction of sp³-hybridized carbons (Fsp3) is 0.364. The van der Waals surface area contributed by atoms with Crippen LogP contribution in [0.2, 0.25) is 0 Å². The Balaban J connectivity index is 3.10. The molecule has 0 radical (unpaired) electrons. The molecule has 0 aliphatic carbocycles. The van der Waals surface area contributed by atoms with Crippen molar-refractivity contribution in [3.05, 3.63) is 34.9 Å². The van der Waals surface area contributed by atoms with E-state index in [1.165, 1.54) is 6.07 Å². The van der Waals surface area contributed by atoms with E-state index in [0.29, 0.717) is 12.4 Å². The number of nitrogens with two attached hydrogens (primary N) is 1. The van der Waals surface area contributed by atoms with Gasteiger partial charge in [0.15, 0.2) is 0 Å². The van der Waals surface area contributed by atoms with E-state index in [1.807, 2.05) is 18.7 Å². The third-order valence-electron chi connectivity index (χ3n) is 2.33. The van der Waals surface area contributed by atoms with Crippen LogP contribution in [0.25, 0.3) is 0 Å². The van der Waals surface area contributed by atoms with E-state index in [2.05, 4.69) is 11.6 Å². The van der Waals surface area contributed by atoms with Crippen molar-refractivity contribution in [1.29, 1.82) is 0 Å². The zero-order chi connectivity index (χ0) is 13.0. The van der Waals surface area contributed by atoms with Crippen LogP contribution < -0.4 is 10.6 Å². The first kappa shape index (κ1) is 13.0. The number of pyridine rings is 1. The molecule has 1 aromatic heterocycles. The van der Waals surface area contributed by atoms with Gasteiger partial charge in [0.05, 0.1) is 4.92 Å². The second-order valence-electron chi connectivity index (χ2n) is 3.87. The zero-order valence-electron chi connectivity index (χ0n) is 9.96. The van der Waals surface area contributed by atoms with Crippen molar-refractivity contribution < 1.29 is 4.92 Å². The molecule has 0 spiro atoms. The minimum absolute atomic E-state index is 0.0674. The summed E-state index contributed by atoms with van der Waals surface area (Å²) in [5.41, 5.74) is 5.38. The minimum atomic E-state index is -0.542. The van der Waals surface area contributed by atoms with Gasteiger partial charge in [-0.1, -0.05) is 6.08 Å². The average molecular weight is 236 g/mol. The Morgan fingerprint density at radius 1 is 1.65 bits per heavy atom. The number of hydrogen-bond donors (Lipinski definition) is 1. The highest BCUT2D eigenvalue weighted by Gasteiger charge is 2.16. The molecule has 2 N–H and O–H groups in total. The topological polar surface area (TPSA) is 85.3 Å². The molecule has 0 saturated heterocycles. The maximum Gasteiger partial charge on any atom is 0.311 e. The quantitative estimate of drug-likeness (QED) is 0.480. The summed E-state index contributed by atoms with van der Waals surface area (Å²) in [7, 11) is 0. The summed E-state index contributed by atoms with van der Waals surface area (Å²) in [6.07, 6.45) is 1.75. The van der Waals surface area contributed by atoms with Crippen LogP contribution in [0.3, 0.4) is 0 Å². The van der Waals surface area contributed by atoms with Crippen molar-refractivity contribution >= 4 is 17.3 Å². The number of rotatable bonds is 5. The number of anilines is 2. The molecular formula is C11H16N4O2. The van der Waals surface area contributed by atoms with Gasteiger partial charge in [-0.3, -0.25) is 10.1 Å². The second-order valence-corrected chi connectivity index (χ2v) is 3.87. The molecule has 0 aromatic carbocycles. The lowest BCUT2D eigenvalue weighted by Gasteiger charge is -2.26. The van der Waals surface area contributed by atoms with Crippen molar-refractivity contribution in [2.75, 3.05) is 17.2 Å². The van der Waals surface area contributed by atoms with Gasteiger partial charge in [-0.25, -0.2) is 4.98 Å². The van der Waals surface area contributed by atoms with Crippen LogP contribution in [0.1, 0.15) is 13.8 Å². The van der Waals surface area contributed by atoms with Crippen molar-refractivity contribution in [3.63, 3.8) is 0 Å².